The molecular formula is C20H14F3N7O2. The molecule has 5 aromatic rings. The number of aromatic amines is 2. The number of amides is 1. The first-order valence-corrected chi connectivity index (χ1v) is 9.42. The van der Waals surface area contributed by atoms with Gasteiger partial charge in [0.2, 0.25) is 5.76 Å². The molecule has 0 bridgehead atoms. The molecule has 0 aliphatic carbocycles. The molecule has 12 heteroatoms. The molecule has 9 nitrogen and oxygen atoms in total. The lowest BCUT2D eigenvalue weighted by Crippen LogP contribution is -2.27. The van der Waals surface area contributed by atoms with Crippen LogP contribution in [0.1, 0.15) is 34.7 Å². The van der Waals surface area contributed by atoms with Crippen molar-refractivity contribution >= 4 is 28.0 Å². The molecule has 1 amide bonds. The molecule has 0 aliphatic rings. The van der Waals surface area contributed by atoms with E-state index in [0.29, 0.717) is 22.2 Å². The number of nitrogens with one attached hydrogen (secondary N) is 3. The Kier molecular flexibility index (Phi) is 4.43. The Bertz CT molecular complexity index is 1450. The Labute approximate surface area is 177 Å². The molecule has 162 valence electrons. The van der Waals surface area contributed by atoms with Crippen molar-refractivity contribution in [3.8, 4) is 11.6 Å². The summed E-state index contributed by atoms with van der Waals surface area (Å²) in [6, 6.07) is 5.95. The minimum Gasteiger partial charge on any atom is -0.353 e. The van der Waals surface area contributed by atoms with Crippen molar-refractivity contribution in [1.82, 2.24) is 35.4 Å². The van der Waals surface area contributed by atoms with Gasteiger partial charge in [0, 0.05) is 12.3 Å². The zero-order valence-electron chi connectivity index (χ0n) is 16.4. The highest BCUT2D eigenvalue weighted by Crippen LogP contribution is 2.32. The van der Waals surface area contributed by atoms with Crippen LogP contribution in [0.15, 0.2) is 47.4 Å². The van der Waals surface area contributed by atoms with Crippen molar-refractivity contribution in [2.45, 2.75) is 19.1 Å². The van der Waals surface area contributed by atoms with Crippen LogP contribution in [-0.4, -0.2) is 36.0 Å². The van der Waals surface area contributed by atoms with Crippen LogP contribution in [0.25, 0.3) is 33.7 Å². The minimum absolute atomic E-state index is 0.213. The van der Waals surface area contributed by atoms with Crippen molar-refractivity contribution in [1.29, 1.82) is 0 Å². The molecule has 1 aromatic carbocycles. The molecule has 1 atom stereocenters. The molecule has 4 heterocycles. The summed E-state index contributed by atoms with van der Waals surface area (Å²) in [6.45, 7) is 1.71. The lowest BCUT2D eigenvalue weighted by molar-refractivity contribution is -0.137. The van der Waals surface area contributed by atoms with Crippen molar-refractivity contribution in [2.75, 3.05) is 0 Å². The molecule has 0 aliphatic heterocycles. The summed E-state index contributed by atoms with van der Waals surface area (Å²) in [4.78, 5) is 30.7. The number of fused-ring (bicyclic) bond motifs is 2. The van der Waals surface area contributed by atoms with E-state index in [0.717, 1.165) is 12.1 Å². The molecule has 0 radical (unpaired) electrons. The van der Waals surface area contributed by atoms with Gasteiger partial charge in [0.05, 0.1) is 28.0 Å². The van der Waals surface area contributed by atoms with Gasteiger partial charge in [0.15, 0.2) is 5.82 Å². The van der Waals surface area contributed by atoms with E-state index in [1.165, 1.54) is 12.4 Å². The standard InChI is InChI=1S/C20H14F3N7O2/c1-9(27-19(31)16-11-4-5-24-17(11)26-8-25-16)13-7-15(32-30-13)18-28-12-3-2-10(20(21,22)23)6-14(12)29-18/h2-9H,1H3,(H,27,31)(H,28,29)(H,24,25,26)/t9-/m0/s1. The lowest BCUT2D eigenvalue weighted by Gasteiger charge is -2.10. The minimum atomic E-state index is -4.46. The monoisotopic (exact) mass is 441 g/mol. The van der Waals surface area contributed by atoms with Gasteiger partial charge in [-0.05, 0) is 31.2 Å². The first kappa shape index (κ1) is 19.7. The largest absolute Gasteiger partial charge is 0.416 e. The van der Waals surface area contributed by atoms with E-state index in [-0.39, 0.29) is 22.8 Å². The van der Waals surface area contributed by atoms with Crippen LogP contribution in [0.3, 0.4) is 0 Å². The van der Waals surface area contributed by atoms with Crippen LogP contribution in [-0.2, 0) is 6.18 Å². The number of hydrogen-bond acceptors (Lipinski definition) is 6. The predicted molar refractivity (Wildman–Crippen MR) is 106 cm³/mol. The summed E-state index contributed by atoms with van der Waals surface area (Å²) in [6.07, 6.45) is -1.50. The van der Waals surface area contributed by atoms with Gasteiger partial charge in [-0.1, -0.05) is 5.16 Å². The zero-order chi connectivity index (χ0) is 22.5. The Balaban J connectivity index is 1.37. The third-order valence-electron chi connectivity index (χ3n) is 4.93. The van der Waals surface area contributed by atoms with Crippen molar-refractivity contribution in [2.24, 2.45) is 0 Å². The molecule has 0 spiro atoms. The normalized spacial score (nSPS) is 13.0. The topological polar surface area (TPSA) is 125 Å². The highest BCUT2D eigenvalue weighted by Gasteiger charge is 2.31. The average molecular weight is 441 g/mol. The van der Waals surface area contributed by atoms with Gasteiger partial charge >= 0.3 is 6.18 Å². The van der Waals surface area contributed by atoms with E-state index in [1.54, 1.807) is 25.3 Å². The second-order valence-electron chi connectivity index (χ2n) is 7.09. The van der Waals surface area contributed by atoms with E-state index in [2.05, 4.69) is 35.4 Å². The van der Waals surface area contributed by atoms with Gasteiger partial charge in [0.1, 0.15) is 23.4 Å². The van der Waals surface area contributed by atoms with E-state index in [1.807, 2.05) is 0 Å². The van der Waals surface area contributed by atoms with Crippen LogP contribution in [0.4, 0.5) is 13.2 Å². The summed E-state index contributed by atoms with van der Waals surface area (Å²) in [5.74, 6) is 0.0276. The fraction of sp³-hybridized carbons (Fsp3) is 0.150. The molecule has 0 saturated heterocycles. The van der Waals surface area contributed by atoms with E-state index >= 15 is 0 Å². The number of alkyl halides is 3. The van der Waals surface area contributed by atoms with E-state index in [9.17, 15) is 18.0 Å². The second-order valence-corrected chi connectivity index (χ2v) is 7.09. The number of imidazole rings is 1. The maximum atomic E-state index is 12.9. The van der Waals surface area contributed by atoms with Crippen LogP contribution < -0.4 is 5.32 Å². The van der Waals surface area contributed by atoms with Crippen LogP contribution >= 0.6 is 0 Å². The summed E-state index contributed by atoms with van der Waals surface area (Å²) < 4.78 is 44.1. The number of benzene rings is 1. The first-order valence-electron chi connectivity index (χ1n) is 9.42. The number of halogens is 3. The highest BCUT2D eigenvalue weighted by molar-refractivity contribution is 6.03. The fourth-order valence-corrected chi connectivity index (χ4v) is 3.30. The Morgan fingerprint density at radius 1 is 1.19 bits per heavy atom. The number of H-pyrrole nitrogens is 2. The molecule has 0 unspecified atom stereocenters. The summed E-state index contributed by atoms with van der Waals surface area (Å²) in [5.41, 5.74) is 0.949. The quantitative estimate of drug-likeness (QED) is 0.387. The molecule has 32 heavy (non-hydrogen) atoms. The summed E-state index contributed by atoms with van der Waals surface area (Å²) in [5, 5.41) is 7.32. The number of rotatable bonds is 4. The smallest absolute Gasteiger partial charge is 0.353 e. The van der Waals surface area contributed by atoms with Crippen molar-refractivity contribution in [3.63, 3.8) is 0 Å². The highest BCUT2D eigenvalue weighted by atomic mass is 19.4. The van der Waals surface area contributed by atoms with Gasteiger partial charge in [-0.25, -0.2) is 15.0 Å². The second kappa shape index (κ2) is 7.18. The molecule has 4 aromatic heterocycles. The molecule has 5 rings (SSSR count). The van der Waals surface area contributed by atoms with E-state index in [4.69, 9.17) is 4.52 Å². The lowest BCUT2D eigenvalue weighted by atomic mass is 10.2. The number of nitrogens with zero attached hydrogens (tertiary/aromatic N) is 4. The third kappa shape index (κ3) is 3.45. The maximum Gasteiger partial charge on any atom is 0.416 e. The summed E-state index contributed by atoms with van der Waals surface area (Å²) in [7, 11) is 0. The molecule has 3 N–H and O–H groups in total. The Morgan fingerprint density at radius 2 is 2.03 bits per heavy atom. The maximum absolute atomic E-state index is 12.9. The number of carbonyl (C=O) groups is 1. The number of carbonyl (C=O) groups excluding carboxylic acids is 1. The fourth-order valence-electron chi connectivity index (χ4n) is 3.30. The Morgan fingerprint density at radius 3 is 2.84 bits per heavy atom. The van der Waals surface area contributed by atoms with Crippen LogP contribution in [0.2, 0.25) is 0 Å². The van der Waals surface area contributed by atoms with Gasteiger partial charge in [-0.15, -0.1) is 0 Å². The number of aromatic nitrogens is 6. The average Bonchev–Trinajstić information content (AvgIpc) is 3.50. The molecule has 0 saturated carbocycles. The van der Waals surface area contributed by atoms with Gasteiger partial charge in [0.25, 0.3) is 5.91 Å². The van der Waals surface area contributed by atoms with Gasteiger partial charge in [-0.3, -0.25) is 4.79 Å². The Hall–Kier alpha value is -4.22. The SMILES string of the molecule is C[C@H](NC(=O)c1ncnc2[nH]ccc12)c1cc(-c2nc3ccc(C(F)(F)F)cc3[nH]2)on1. The van der Waals surface area contributed by atoms with Crippen molar-refractivity contribution < 1.29 is 22.5 Å². The van der Waals surface area contributed by atoms with Crippen LogP contribution in [0, 0.1) is 0 Å². The van der Waals surface area contributed by atoms with Gasteiger partial charge < -0.3 is 19.8 Å². The van der Waals surface area contributed by atoms with Gasteiger partial charge in [-0.2, -0.15) is 13.2 Å². The van der Waals surface area contributed by atoms with Crippen LogP contribution in [0.5, 0.6) is 0 Å². The van der Waals surface area contributed by atoms with Crippen molar-refractivity contribution in [3.05, 3.63) is 59.8 Å². The molecular weight excluding hydrogens is 427 g/mol. The summed E-state index contributed by atoms with van der Waals surface area (Å²) >= 11 is 0. The number of hydrogen-bond donors (Lipinski definition) is 3. The zero-order valence-corrected chi connectivity index (χ0v) is 16.4. The first-order chi connectivity index (χ1) is 15.3. The third-order valence-corrected chi connectivity index (χ3v) is 4.93. The predicted octanol–water partition coefficient (Wildman–Crippen LogP) is 4.00. The van der Waals surface area contributed by atoms with E-state index < -0.39 is 23.7 Å². The molecule has 0 fully saturated rings.